The maximum Gasteiger partial charge on any atom is 0.233 e. The minimum Gasteiger partial charge on any atom is -0.367 e. The Kier molecular flexibility index (Phi) is 4.54. The molecule has 1 atom stereocenters. The van der Waals surface area contributed by atoms with Gasteiger partial charge in [0, 0.05) is 19.6 Å². The van der Waals surface area contributed by atoms with Gasteiger partial charge in [0.05, 0.1) is 12.0 Å². The lowest BCUT2D eigenvalue weighted by Gasteiger charge is -2.31. The summed E-state index contributed by atoms with van der Waals surface area (Å²) in [4.78, 5) is 6.83. The second-order valence-electron chi connectivity index (χ2n) is 5.71. The molecule has 1 aliphatic rings. The Bertz CT molecular complexity index is 403. The second kappa shape index (κ2) is 5.98. The van der Waals surface area contributed by atoms with E-state index in [9.17, 15) is 0 Å². The molecule has 1 fully saturated rings. The van der Waals surface area contributed by atoms with Crippen molar-refractivity contribution < 1.29 is 9.26 Å². The number of morpholine rings is 1. The summed E-state index contributed by atoms with van der Waals surface area (Å²) in [6, 6.07) is 0. The maximum absolute atomic E-state index is 5.74. The Morgan fingerprint density at radius 3 is 2.95 bits per heavy atom. The summed E-state index contributed by atoms with van der Waals surface area (Å²) in [6.07, 6.45) is 1.05. The molecule has 6 nitrogen and oxygen atoms in total. The molecule has 0 bridgehead atoms. The van der Waals surface area contributed by atoms with Gasteiger partial charge in [0.15, 0.2) is 0 Å². The zero-order chi connectivity index (χ0) is 13.9. The number of rotatable bonds is 5. The summed E-state index contributed by atoms with van der Waals surface area (Å²) in [5, 5.41) is 4.06. The fourth-order valence-corrected chi connectivity index (χ4v) is 2.11. The lowest BCUT2D eigenvalue weighted by atomic mass is 9.94. The summed E-state index contributed by atoms with van der Waals surface area (Å²) in [6.45, 7) is 10.3. The van der Waals surface area contributed by atoms with E-state index in [0.717, 1.165) is 32.7 Å². The van der Waals surface area contributed by atoms with Crippen LogP contribution in [0.4, 0.5) is 0 Å². The van der Waals surface area contributed by atoms with Crippen molar-refractivity contribution >= 4 is 0 Å². The average Bonchev–Trinajstić information content (AvgIpc) is 2.90. The molecule has 19 heavy (non-hydrogen) atoms. The first-order valence-electron chi connectivity index (χ1n) is 6.95. The molecule has 0 saturated carbocycles. The number of nitrogens with two attached hydrogens (primary N) is 1. The van der Waals surface area contributed by atoms with Crippen LogP contribution < -0.4 is 5.73 Å². The van der Waals surface area contributed by atoms with Gasteiger partial charge < -0.3 is 15.0 Å². The van der Waals surface area contributed by atoms with Crippen molar-refractivity contribution in [3.05, 3.63) is 11.7 Å². The van der Waals surface area contributed by atoms with Gasteiger partial charge in [-0.25, -0.2) is 0 Å². The molecule has 108 valence electrons. The molecule has 0 radical (unpaired) electrons. The molecule has 0 aliphatic carbocycles. The van der Waals surface area contributed by atoms with E-state index >= 15 is 0 Å². The molecule has 0 spiro atoms. The normalized spacial score (nSPS) is 21.8. The first kappa shape index (κ1) is 14.4. The van der Waals surface area contributed by atoms with Crippen LogP contribution in [0, 0.1) is 0 Å². The SMILES string of the molecule is CCCN1CCOC(c2noc(C(C)(C)CN)n2)C1. The van der Waals surface area contributed by atoms with Crippen LogP contribution in [0.1, 0.15) is 45.0 Å². The van der Waals surface area contributed by atoms with Gasteiger partial charge in [-0.2, -0.15) is 4.98 Å². The van der Waals surface area contributed by atoms with Gasteiger partial charge in [0.2, 0.25) is 11.7 Å². The fourth-order valence-electron chi connectivity index (χ4n) is 2.11. The van der Waals surface area contributed by atoms with Crippen LogP contribution in [-0.4, -0.2) is 47.8 Å². The van der Waals surface area contributed by atoms with Crippen molar-refractivity contribution in [2.24, 2.45) is 5.73 Å². The highest BCUT2D eigenvalue weighted by Gasteiger charge is 2.30. The van der Waals surface area contributed by atoms with Gasteiger partial charge in [0.1, 0.15) is 6.10 Å². The van der Waals surface area contributed by atoms with Crippen molar-refractivity contribution in [2.75, 3.05) is 32.8 Å². The van der Waals surface area contributed by atoms with Crippen LogP contribution in [0.25, 0.3) is 0 Å². The number of hydrogen-bond acceptors (Lipinski definition) is 6. The van der Waals surface area contributed by atoms with Gasteiger partial charge in [-0.15, -0.1) is 0 Å². The molecule has 1 aromatic heterocycles. The van der Waals surface area contributed by atoms with E-state index in [2.05, 4.69) is 22.0 Å². The topological polar surface area (TPSA) is 77.4 Å². The van der Waals surface area contributed by atoms with E-state index in [1.54, 1.807) is 0 Å². The van der Waals surface area contributed by atoms with E-state index in [4.69, 9.17) is 15.0 Å². The quantitative estimate of drug-likeness (QED) is 0.861. The average molecular weight is 268 g/mol. The standard InChI is InChI=1S/C13H24N4O2/c1-4-5-17-6-7-18-10(8-17)11-15-12(19-16-11)13(2,3)9-14/h10H,4-9,14H2,1-3H3. The summed E-state index contributed by atoms with van der Waals surface area (Å²) < 4.78 is 11.1. The third-order valence-electron chi connectivity index (χ3n) is 3.51. The van der Waals surface area contributed by atoms with Crippen molar-refractivity contribution in [3.8, 4) is 0 Å². The third-order valence-corrected chi connectivity index (χ3v) is 3.51. The van der Waals surface area contributed by atoms with E-state index in [1.807, 2.05) is 13.8 Å². The first-order chi connectivity index (χ1) is 9.06. The number of ether oxygens (including phenoxy) is 1. The highest BCUT2D eigenvalue weighted by atomic mass is 16.5. The molecule has 2 N–H and O–H groups in total. The Hall–Kier alpha value is -0.980. The molecule has 1 unspecified atom stereocenters. The minimum absolute atomic E-state index is 0.0913. The summed E-state index contributed by atoms with van der Waals surface area (Å²) in [5.41, 5.74) is 5.43. The van der Waals surface area contributed by atoms with Gasteiger partial charge in [-0.05, 0) is 26.8 Å². The van der Waals surface area contributed by atoms with E-state index in [1.165, 1.54) is 0 Å². The summed E-state index contributed by atoms with van der Waals surface area (Å²) >= 11 is 0. The Labute approximate surface area is 114 Å². The zero-order valence-corrected chi connectivity index (χ0v) is 12.1. The van der Waals surface area contributed by atoms with Gasteiger partial charge >= 0.3 is 0 Å². The predicted octanol–water partition coefficient (Wildman–Crippen LogP) is 1.09. The molecule has 2 rings (SSSR count). The highest BCUT2D eigenvalue weighted by molar-refractivity contribution is 5.03. The highest BCUT2D eigenvalue weighted by Crippen LogP contribution is 2.24. The van der Waals surface area contributed by atoms with Crippen LogP contribution in [0.2, 0.25) is 0 Å². The second-order valence-corrected chi connectivity index (χ2v) is 5.71. The molecule has 1 saturated heterocycles. The maximum atomic E-state index is 5.74. The van der Waals surface area contributed by atoms with Crippen molar-refractivity contribution in [1.29, 1.82) is 0 Å². The Morgan fingerprint density at radius 1 is 1.47 bits per heavy atom. The van der Waals surface area contributed by atoms with Crippen LogP contribution in [0.5, 0.6) is 0 Å². The fraction of sp³-hybridized carbons (Fsp3) is 0.846. The van der Waals surface area contributed by atoms with E-state index in [-0.39, 0.29) is 11.5 Å². The van der Waals surface area contributed by atoms with Gasteiger partial charge in [-0.3, -0.25) is 4.90 Å². The van der Waals surface area contributed by atoms with Crippen LogP contribution in [0.15, 0.2) is 4.52 Å². The molecule has 0 amide bonds. The summed E-state index contributed by atoms with van der Waals surface area (Å²) in [7, 11) is 0. The number of hydrogen-bond donors (Lipinski definition) is 1. The molecule has 6 heteroatoms. The van der Waals surface area contributed by atoms with Crippen LogP contribution in [-0.2, 0) is 10.2 Å². The molecule has 0 aromatic carbocycles. The number of aromatic nitrogens is 2. The van der Waals surface area contributed by atoms with Crippen LogP contribution >= 0.6 is 0 Å². The Balaban J connectivity index is 2.06. The number of nitrogens with zero attached hydrogens (tertiary/aromatic N) is 3. The van der Waals surface area contributed by atoms with Gasteiger partial charge in [-0.1, -0.05) is 12.1 Å². The van der Waals surface area contributed by atoms with Crippen molar-refractivity contribution in [3.63, 3.8) is 0 Å². The summed E-state index contributed by atoms with van der Waals surface area (Å²) in [5.74, 6) is 1.22. The first-order valence-corrected chi connectivity index (χ1v) is 6.95. The zero-order valence-electron chi connectivity index (χ0n) is 12.1. The van der Waals surface area contributed by atoms with Crippen LogP contribution in [0.3, 0.4) is 0 Å². The van der Waals surface area contributed by atoms with E-state index < -0.39 is 0 Å². The van der Waals surface area contributed by atoms with Crippen molar-refractivity contribution in [2.45, 2.75) is 38.7 Å². The molecule has 2 heterocycles. The molecule has 1 aromatic rings. The smallest absolute Gasteiger partial charge is 0.233 e. The predicted molar refractivity (Wildman–Crippen MR) is 71.8 cm³/mol. The molecular weight excluding hydrogens is 244 g/mol. The molecule has 1 aliphatic heterocycles. The minimum atomic E-state index is -0.289. The lowest BCUT2D eigenvalue weighted by Crippen LogP contribution is -2.39. The largest absolute Gasteiger partial charge is 0.367 e. The monoisotopic (exact) mass is 268 g/mol. The molecular formula is C13H24N4O2. The Morgan fingerprint density at radius 2 is 2.26 bits per heavy atom. The lowest BCUT2D eigenvalue weighted by molar-refractivity contribution is -0.0350. The third kappa shape index (κ3) is 3.32. The van der Waals surface area contributed by atoms with Gasteiger partial charge in [0.25, 0.3) is 0 Å². The van der Waals surface area contributed by atoms with Crippen molar-refractivity contribution in [1.82, 2.24) is 15.0 Å². The van der Waals surface area contributed by atoms with E-state index in [0.29, 0.717) is 18.3 Å².